The van der Waals surface area contributed by atoms with Gasteiger partial charge in [0, 0.05) is 5.69 Å². The number of aromatic nitrogens is 3. The van der Waals surface area contributed by atoms with Gasteiger partial charge in [-0.3, -0.25) is 14.5 Å². The van der Waals surface area contributed by atoms with E-state index in [1.807, 2.05) is 44.2 Å². The predicted molar refractivity (Wildman–Crippen MR) is 100 cm³/mol. The molecule has 134 valence electrons. The number of benzene rings is 2. The lowest BCUT2D eigenvalue weighted by Crippen LogP contribution is -2.34. The van der Waals surface area contributed by atoms with Crippen molar-refractivity contribution in [2.24, 2.45) is 5.92 Å². The van der Waals surface area contributed by atoms with Crippen LogP contribution in [0.15, 0.2) is 54.6 Å². The van der Waals surface area contributed by atoms with Crippen LogP contribution in [-0.2, 0) is 0 Å². The van der Waals surface area contributed by atoms with Gasteiger partial charge in [0.15, 0.2) is 10.6 Å². The van der Waals surface area contributed by atoms with Crippen molar-refractivity contribution in [1.82, 2.24) is 20.1 Å². The van der Waals surface area contributed by atoms with Crippen molar-refractivity contribution in [3.8, 4) is 5.69 Å². The van der Waals surface area contributed by atoms with E-state index in [0.29, 0.717) is 10.6 Å². The minimum atomic E-state index is -0.561. The van der Waals surface area contributed by atoms with Gasteiger partial charge >= 0.3 is 0 Å². The molecule has 0 radical (unpaired) electrons. The number of aromatic amines is 1. The van der Waals surface area contributed by atoms with Gasteiger partial charge in [0.1, 0.15) is 5.82 Å². The number of hydrogen-bond acceptors (Lipinski definition) is 3. The molecule has 3 rings (SSSR count). The molecule has 1 amide bonds. The highest BCUT2D eigenvalue weighted by Gasteiger charge is 2.26. The maximum Gasteiger partial charge on any atom is 0.254 e. The molecule has 1 aromatic heterocycles. The number of nitrogens with zero attached hydrogens (tertiary/aromatic N) is 2. The third kappa shape index (κ3) is 3.57. The Morgan fingerprint density at radius 2 is 1.81 bits per heavy atom. The first-order valence-electron chi connectivity index (χ1n) is 8.27. The topological polar surface area (TPSA) is 62.7 Å². The van der Waals surface area contributed by atoms with Crippen LogP contribution in [0.5, 0.6) is 0 Å². The Hall–Kier alpha value is -2.80. The lowest BCUT2D eigenvalue weighted by atomic mass is 10.0. The molecule has 0 aliphatic rings. The lowest BCUT2D eigenvalue weighted by Gasteiger charge is -2.22. The summed E-state index contributed by atoms with van der Waals surface area (Å²) in [5.41, 5.74) is 0.839. The molecule has 26 heavy (non-hydrogen) atoms. The van der Waals surface area contributed by atoms with E-state index >= 15 is 0 Å². The van der Waals surface area contributed by atoms with Gasteiger partial charge < -0.3 is 5.32 Å². The van der Waals surface area contributed by atoms with E-state index in [2.05, 4.69) is 15.5 Å². The fraction of sp³-hybridized carbons (Fsp3) is 0.211. The minimum Gasteiger partial charge on any atom is -0.342 e. The summed E-state index contributed by atoms with van der Waals surface area (Å²) >= 11 is 5.36. The van der Waals surface area contributed by atoms with Gasteiger partial charge in [-0.1, -0.05) is 44.2 Å². The number of carbonyl (C=O) groups is 1. The molecule has 1 heterocycles. The van der Waals surface area contributed by atoms with E-state index in [-0.39, 0.29) is 11.5 Å². The second kappa shape index (κ2) is 7.61. The van der Waals surface area contributed by atoms with Crippen LogP contribution in [0.1, 0.15) is 36.1 Å². The second-order valence-corrected chi connectivity index (χ2v) is 6.62. The SMILES string of the molecule is CC(C)[C@H](NC(=O)c1ccccc1F)c1n[nH]c(=S)n1-c1ccccc1. The van der Waals surface area contributed by atoms with Crippen molar-refractivity contribution in [2.75, 3.05) is 0 Å². The summed E-state index contributed by atoms with van der Waals surface area (Å²) in [5, 5.41) is 9.99. The first-order valence-corrected chi connectivity index (χ1v) is 8.68. The summed E-state index contributed by atoms with van der Waals surface area (Å²) in [6.45, 7) is 3.92. The van der Waals surface area contributed by atoms with Gasteiger partial charge in [-0.25, -0.2) is 4.39 Å². The van der Waals surface area contributed by atoms with Crippen LogP contribution in [-0.4, -0.2) is 20.7 Å². The van der Waals surface area contributed by atoms with Crippen LogP contribution in [0.2, 0.25) is 0 Å². The Labute approximate surface area is 155 Å². The van der Waals surface area contributed by atoms with Crippen LogP contribution in [0.25, 0.3) is 5.69 Å². The molecular weight excluding hydrogens is 351 g/mol. The van der Waals surface area contributed by atoms with Gasteiger partial charge in [0.25, 0.3) is 5.91 Å². The fourth-order valence-corrected chi connectivity index (χ4v) is 2.98. The summed E-state index contributed by atoms with van der Waals surface area (Å²) in [4.78, 5) is 12.6. The number of nitrogens with one attached hydrogen (secondary N) is 2. The van der Waals surface area contributed by atoms with Gasteiger partial charge in [-0.2, -0.15) is 5.10 Å². The van der Waals surface area contributed by atoms with Gasteiger partial charge in [0.2, 0.25) is 0 Å². The number of carbonyl (C=O) groups excluding carboxylic acids is 1. The standard InChI is InChI=1S/C19H19FN4OS/c1-12(2)16(21-18(25)14-10-6-7-11-15(14)20)17-22-23-19(26)24(17)13-8-4-3-5-9-13/h3-12,16H,1-2H3,(H,21,25)(H,23,26)/t16-/m0/s1. The second-order valence-electron chi connectivity index (χ2n) is 6.23. The molecule has 0 spiro atoms. The summed E-state index contributed by atoms with van der Waals surface area (Å²) in [7, 11) is 0. The van der Waals surface area contributed by atoms with Crippen molar-refractivity contribution in [2.45, 2.75) is 19.9 Å². The van der Waals surface area contributed by atoms with Crippen molar-refractivity contribution in [1.29, 1.82) is 0 Å². The zero-order valence-corrected chi connectivity index (χ0v) is 15.3. The van der Waals surface area contributed by atoms with Crippen molar-refractivity contribution >= 4 is 18.1 Å². The minimum absolute atomic E-state index is 0.00135. The van der Waals surface area contributed by atoms with Gasteiger partial charge in [0.05, 0.1) is 11.6 Å². The Balaban J connectivity index is 1.99. The molecule has 3 aromatic rings. The van der Waals surface area contributed by atoms with Crippen molar-refractivity contribution in [3.63, 3.8) is 0 Å². The normalized spacial score (nSPS) is 12.2. The molecule has 0 saturated carbocycles. The van der Waals surface area contributed by atoms with Crippen LogP contribution < -0.4 is 5.32 Å². The highest BCUT2D eigenvalue weighted by molar-refractivity contribution is 7.71. The molecule has 1 atom stereocenters. The number of H-pyrrole nitrogens is 1. The van der Waals surface area contributed by atoms with E-state index in [9.17, 15) is 9.18 Å². The zero-order valence-electron chi connectivity index (χ0n) is 14.4. The largest absolute Gasteiger partial charge is 0.342 e. The molecule has 0 bridgehead atoms. The van der Waals surface area contributed by atoms with Crippen molar-refractivity contribution < 1.29 is 9.18 Å². The molecule has 0 fully saturated rings. The highest BCUT2D eigenvalue weighted by Crippen LogP contribution is 2.24. The van der Waals surface area contributed by atoms with Crippen molar-refractivity contribution in [3.05, 3.63) is 76.6 Å². The molecule has 5 nitrogen and oxygen atoms in total. The Morgan fingerprint density at radius 3 is 2.46 bits per heavy atom. The Kier molecular flexibility index (Phi) is 5.27. The van der Waals surface area contributed by atoms with Crippen LogP contribution in [0, 0.1) is 16.5 Å². The zero-order chi connectivity index (χ0) is 18.7. The maximum absolute atomic E-state index is 13.9. The lowest BCUT2D eigenvalue weighted by molar-refractivity contribution is 0.0918. The Morgan fingerprint density at radius 1 is 1.15 bits per heavy atom. The van der Waals surface area contributed by atoms with Crippen LogP contribution >= 0.6 is 12.2 Å². The Bertz CT molecular complexity index is 965. The van der Waals surface area contributed by atoms with E-state index in [4.69, 9.17) is 12.2 Å². The van der Waals surface area contributed by atoms with Crippen LogP contribution in [0.4, 0.5) is 4.39 Å². The quantitative estimate of drug-likeness (QED) is 0.662. The third-order valence-corrected chi connectivity index (χ3v) is 4.34. The van der Waals surface area contributed by atoms with Gasteiger partial charge in [-0.05, 0) is 42.4 Å². The van der Waals surface area contributed by atoms with Gasteiger partial charge in [-0.15, -0.1) is 0 Å². The molecule has 2 aromatic carbocycles. The predicted octanol–water partition coefficient (Wildman–Crippen LogP) is 4.20. The monoisotopic (exact) mass is 370 g/mol. The molecule has 0 aliphatic carbocycles. The number of rotatable bonds is 5. The molecule has 0 aliphatic heterocycles. The number of amides is 1. The van der Waals surface area contributed by atoms with E-state index < -0.39 is 17.8 Å². The highest BCUT2D eigenvalue weighted by atomic mass is 32.1. The molecule has 0 saturated heterocycles. The molecule has 2 N–H and O–H groups in total. The summed E-state index contributed by atoms with van der Waals surface area (Å²) in [5.74, 6) is -0.468. The molecule has 7 heteroatoms. The average Bonchev–Trinajstić information content (AvgIpc) is 3.01. The number of para-hydroxylation sites is 1. The first-order chi connectivity index (χ1) is 12.5. The number of halogens is 1. The maximum atomic E-state index is 13.9. The summed E-state index contributed by atoms with van der Waals surface area (Å²) < 4.78 is 16.1. The third-order valence-electron chi connectivity index (χ3n) is 4.06. The van der Waals surface area contributed by atoms with E-state index in [0.717, 1.165) is 5.69 Å². The average molecular weight is 370 g/mol. The first kappa shape index (κ1) is 18.0. The fourth-order valence-electron chi connectivity index (χ4n) is 2.74. The number of hydrogen-bond donors (Lipinski definition) is 2. The van der Waals surface area contributed by atoms with E-state index in [1.54, 1.807) is 16.7 Å². The summed E-state index contributed by atoms with van der Waals surface area (Å²) in [6.07, 6.45) is 0. The van der Waals surface area contributed by atoms with Crippen LogP contribution in [0.3, 0.4) is 0 Å². The summed E-state index contributed by atoms with van der Waals surface area (Å²) in [6, 6.07) is 15.0. The van der Waals surface area contributed by atoms with E-state index in [1.165, 1.54) is 12.1 Å². The molecule has 0 unspecified atom stereocenters. The molecular formula is C19H19FN4OS. The smallest absolute Gasteiger partial charge is 0.254 e.